The molecule has 0 aliphatic heterocycles. The number of ether oxygens (including phenoxy) is 2. The third-order valence-corrected chi connectivity index (χ3v) is 2.86. The summed E-state index contributed by atoms with van der Waals surface area (Å²) in [7, 11) is 0. The molecular formula is C16H31N3O5. The van der Waals surface area contributed by atoms with Gasteiger partial charge in [0.1, 0.15) is 17.7 Å². The Morgan fingerprint density at radius 2 is 1.67 bits per heavy atom. The predicted molar refractivity (Wildman–Crippen MR) is 90.2 cm³/mol. The average Bonchev–Trinajstić information content (AvgIpc) is 2.39. The molecule has 0 aromatic carbocycles. The van der Waals surface area contributed by atoms with Crippen LogP contribution >= 0.6 is 0 Å². The minimum absolute atomic E-state index is 0.0155. The summed E-state index contributed by atoms with van der Waals surface area (Å²) in [6.07, 6.45) is -0.297. The van der Waals surface area contributed by atoms with Crippen molar-refractivity contribution >= 4 is 17.9 Å². The maximum Gasteiger partial charge on any atom is 0.408 e. The second-order valence-electron chi connectivity index (χ2n) is 6.95. The van der Waals surface area contributed by atoms with Gasteiger partial charge in [0.2, 0.25) is 11.8 Å². The summed E-state index contributed by atoms with van der Waals surface area (Å²) in [4.78, 5) is 35.7. The molecule has 0 spiro atoms. The molecule has 24 heavy (non-hydrogen) atoms. The average molecular weight is 345 g/mol. The van der Waals surface area contributed by atoms with E-state index < -0.39 is 35.6 Å². The summed E-state index contributed by atoms with van der Waals surface area (Å²) in [5.74, 6) is -1.05. The molecular weight excluding hydrogens is 314 g/mol. The van der Waals surface area contributed by atoms with Crippen molar-refractivity contribution in [3.8, 4) is 0 Å². The molecule has 2 atom stereocenters. The number of primary amides is 1. The molecule has 0 aromatic heterocycles. The van der Waals surface area contributed by atoms with Crippen molar-refractivity contribution in [1.29, 1.82) is 0 Å². The number of nitrogens with one attached hydrogen (secondary N) is 2. The minimum atomic E-state index is -0.951. The van der Waals surface area contributed by atoms with Crippen LogP contribution in [0.1, 0.15) is 48.0 Å². The molecule has 8 heteroatoms. The first-order valence-electron chi connectivity index (χ1n) is 8.13. The van der Waals surface area contributed by atoms with Gasteiger partial charge in [-0.3, -0.25) is 9.59 Å². The second-order valence-corrected chi connectivity index (χ2v) is 6.95. The quantitative estimate of drug-likeness (QED) is 0.574. The molecule has 0 radical (unpaired) electrons. The van der Waals surface area contributed by atoms with Crippen LogP contribution in [0.4, 0.5) is 4.79 Å². The zero-order valence-corrected chi connectivity index (χ0v) is 15.5. The summed E-state index contributed by atoms with van der Waals surface area (Å²) in [5.41, 5.74) is 4.59. The first kappa shape index (κ1) is 22.2. The summed E-state index contributed by atoms with van der Waals surface area (Å²) in [6.45, 7) is 11.2. The van der Waals surface area contributed by atoms with Gasteiger partial charge < -0.3 is 25.8 Å². The Balaban J connectivity index is 4.92. The molecule has 0 saturated heterocycles. The Kier molecular flexibility index (Phi) is 9.35. The lowest BCUT2D eigenvalue weighted by Crippen LogP contribution is -2.55. The highest BCUT2D eigenvalue weighted by Crippen LogP contribution is 2.09. The molecule has 140 valence electrons. The Morgan fingerprint density at radius 1 is 1.08 bits per heavy atom. The van der Waals surface area contributed by atoms with Crippen LogP contribution in [0.5, 0.6) is 0 Å². The lowest BCUT2D eigenvalue weighted by Gasteiger charge is -2.25. The molecule has 0 unspecified atom stereocenters. The van der Waals surface area contributed by atoms with Gasteiger partial charge in [-0.05, 0) is 40.0 Å². The van der Waals surface area contributed by atoms with E-state index in [0.29, 0.717) is 13.0 Å². The smallest absolute Gasteiger partial charge is 0.408 e. The van der Waals surface area contributed by atoms with Crippen molar-refractivity contribution < 1.29 is 23.9 Å². The third kappa shape index (κ3) is 10.0. The highest BCUT2D eigenvalue weighted by molar-refractivity contribution is 5.90. The molecule has 3 amide bonds. The maximum absolute atomic E-state index is 12.4. The second kappa shape index (κ2) is 10.1. The van der Waals surface area contributed by atoms with Crippen LogP contribution in [0.25, 0.3) is 0 Å². The van der Waals surface area contributed by atoms with Gasteiger partial charge >= 0.3 is 6.09 Å². The van der Waals surface area contributed by atoms with Gasteiger partial charge in [-0.25, -0.2) is 4.79 Å². The zero-order chi connectivity index (χ0) is 18.9. The summed E-state index contributed by atoms with van der Waals surface area (Å²) in [5, 5.41) is 5.06. The molecule has 0 heterocycles. The van der Waals surface area contributed by atoms with Gasteiger partial charge in [0.25, 0.3) is 0 Å². The Bertz CT molecular complexity index is 432. The number of carbonyl (C=O) groups excluding carboxylic acids is 3. The van der Waals surface area contributed by atoms with Crippen LogP contribution in [0.15, 0.2) is 0 Å². The summed E-state index contributed by atoms with van der Waals surface area (Å²) >= 11 is 0. The van der Waals surface area contributed by atoms with Crippen molar-refractivity contribution in [3.05, 3.63) is 0 Å². The number of alkyl carbamates (subject to hydrolysis) is 1. The van der Waals surface area contributed by atoms with Crippen LogP contribution in [0.3, 0.4) is 0 Å². The van der Waals surface area contributed by atoms with Crippen molar-refractivity contribution in [3.63, 3.8) is 0 Å². The summed E-state index contributed by atoms with van der Waals surface area (Å²) < 4.78 is 10.3. The number of rotatable bonds is 9. The molecule has 0 saturated carbocycles. The molecule has 8 nitrogen and oxygen atoms in total. The number of amides is 3. The van der Waals surface area contributed by atoms with E-state index in [2.05, 4.69) is 10.6 Å². The third-order valence-electron chi connectivity index (χ3n) is 2.86. The van der Waals surface area contributed by atoms with Crippen LogP contribution in [-0.2, 0) is 19.1 Å². The van der Waals surface area contributed by atoms with Gasteiger partial charge in [0.05, 0.1) is 6.61 Å². The highest BCUT2D eigenvalue weighted by Gasteiger charge is 2.28. The SMILES string of the molecule is CCOC[C@H](NC(=O)[C@H](CC(C)C)NC(=O)OC(C)(C)C)C(N)=O. The summed E-state index contributed by atoms with van der Waals surface area (Å²) in [6, 6.07) is -1.78. The number of hydrogen-bond donors (Lipinski definition) is 3. The van der Waals surface area contributed by atoms with Gasteiger partial charge in [-0.1, -0.05) is 13.8 Å². The van der Waals surface area contributed by atoms with E-state index in [1.54, 1.807) is 27.7 Å². The van der Waals surface area contributed by atoms with E-state index in [1.807, 2.05) is 13.8 Å². The monoisotopic (exact) mass is 345 g/mol. The van der Waals surface area contributed by atoms with E-state index in [-0.39, 0.29) is 12.5 Å². The molecule has 0 rings (SSSR count). The van der Waals surface area contributed by atoms with Crippen LogP contribution in [0, 0.1) is 5.92 Å². The largest absolute Gasteiger partial charge is 0.444 e. The van der Waals surface area contributed by atoms with Crippen LogP contribution < -0.4 is 16.4 Å². The number of carbonyl (C=O) groups is 3. The Labute approximate surface area is 143 Å². The molecule has 0 aromatic rings. The van der Waals surface area contributed by atoms with Gasteiger partial charge in [-0.15, -0.1) is 0 Å². The molecule has 0 fully saturated rings. The lowest BCUT2D eigenvalue weighted by atomic mass is 10.0. The zero-order valence-electron chi connectivity index (χ0n) is 15.5. The first-order chi connectivity index (χ1) is 11.0. The minimum Gasteiger partial charge on any atom is -0.444 e. The van der Waals surface area contributed by atoms with Gasteiger partial charge in [0.15, 0.2) is 0 Å². The fraction of sp³-hybridized carbons (Fsp3) is 0.812. The first-order valence-corrected chi connectivity index (χ1v) is 8.13. The molecule has 0 bridgehead atoms. The van der Waals surface area contributed by atoms with Crippen LogP contribution in [-0.4, -0.2) is 48.8 Å². The molecule has 0 aliphatic rings. The fourth-order valence-corrected chi connectivity index (χ4v) is 1.86. The van der Waals surface area contributed by atoms with Gasteiger partial charge in [0, 0.05) is 6.61 Å². The Hall–Kier alpha value is -1.83. The molecule has 4 N–H and O–H groups in total. The van der Waals surface area contributed by atoms with E-state index in [4.69, 9.17) is 15.2 Å². The van der Waals surface area contributed by atoms with E-state index in [9.17, 15) is 14.4 Å². The highest BCUT2D eigenvalue weighted by atomic mass is 16.6. The predicted octanol–water partition coefficient (Wildman–Crippen LogP) is 0.932. The van der Waals surface area contributed by atoms with E-state index in [0.717, 1.165) is 0 Å². The number of hydrogen-bond acceptors (Lipinski definition) is 5. The number of nitrogens with two attached hydrogens (primary N) is 1. The van der Waals surface area contributed by atoms with Crippen molar-refractivity contribution in [2.24, 2.45) is 11.7 Å². The standard InChI is InChI=1S/C16H31N3O5/c1-7-23-9-12(13(17)20)18-14(21)11(8-10(2)3)19-15(22)24-16(4,5)6/h10-12H,7-9H2,1-6H3,(H2,17,20)(H,18,21)(H,19,22)/t11-,12-/m0/s1. The fourth-order valence-electron chi connectivity index (χ4n) is 1.86. The van der Waals surface area contributed by atoms with Crippen molar-refractivity contribution in [2.75, 3.05) is 13.2 Å². The lowest BCUT2D eigenvalue weighted by molar-refractivity contribution is -0.130. The van der Waals surface area contributed by atoms with Crippen LogP contribution in [0.2, 0.25) is 0 Å². The van der Waals surface area contributed by atoms with Crippen molar-refractivity contribution in [1.82, 2.24) is 10.6 Å². The van der Waals surface area contributed by atoms with Crippen molar-refractivity contribution in [2.45, 2.75) is 65.6 Å². The molecule has 0 aliphatic carbocycles. The topological polar surface area (TPSA) is 120 Å². The Morgan fingerprint density at radius 3 is 2.08 bits per heavy atom. The van der Waals surface area contributed by atoms with E-state index in [1.165, 1.54) is 0 Å². The van der Waals surface area contributed by atoms with Gasteiger partial charge in [-0.2, -0.15) is 0 Å². The van der Waals surface area contributed by atoms with E-state index >= 15 is 0 Å². The maximum atomic E-state index is 12.4. The normalized spacial score (nSPS) is 14.0.